The van der Waals surface area contributed by atoms with Crippen LogP contribution in [0.1, 0.15) is 54.2 Å². The number of ether oxygens (including phenoxy) is 1. The van der Waals surface area contributed by atoms with E-state index in [2.05, 4.69) is 0 Å². The zero-order chi connectivity index (χ0) is 22.0. The highest BCUT2D eigenvalue weighted by Gasteiger charge is 2.25. The molecule has 160 valence electrons. The molecule has 1 saturated heterocycles. The monoisotopic (exact) mass is 424 g/mol. The van der Waals surface area contributed by atoms with Gasteiger partial charge in [-0.05, 0) is 29.2 Å². The van der Waals surface area contributed by atoms with Crippen LogP contribution in [0.25, 0.3) is 23.3 Å². The summed E-state index contributed by atoms with van der Waals surface area (Å²) in [6.07, 6.45) is 3.17. The van der Waals surface area contributed by atoms with Gasteiger partial charge in [-0.3, -0.25) is 0 Å². The van der Waals surface area contributed by atoms with E-state index < -0.39 is 17.7 Å². The van der Waals surface area contributed by atoms with Crippen molar-refractivity contribution in [3.05, 3.63) is 94.3 Å². The average Bonchev–Trinajstić information content (AvgIpc) is 3.61. The third-order valence-corrected chi connectivity index (χ3v) is 5.44. The summed E-state index contributed by atoms with van der Waals surface area (Å²) in [6.45, 7) is 2.50. The van der Waals surface area contributed by atoms with Gasteiger partial charge in [0.2, 0.25) is 0 Å². The molecule has 0 spiro atoms. The van der Waals surface area contributed by atoms with Gasteiger partial charge in [-0.25, -0.2) is 13.2 Å². The van der Waals surface area contributed by atoms with E-state index in [1.54, 1.807) is 36.4 Å². The van der Waals surface area contributed by atoms with Crippen LogP contribution in [0.3, 0.4) is 0 Å². The van der Waals surface area contributed by atoms with Crippen molar-refractivity contribution in [3.63, 3.8) is 0 Å². The lowest BCUT2D eigenvalue weighted by Gasteiger charge is -2.12. The summed E-state index contributed by atoms with van der Waals surface area (Å²) in [5.74, 6) is -2.31. The molecule has 0 aromatic heterocycles. The molecular formula is C26H23F3O2. The predicted octanol–water partition coefficient (Wildman–Crippen LogP) is 6.85. The Morgan fingerprint density at radius 1 is 1.00 bits per heavy atom. The summed E-state index contributed by atoms with van der Waals surface area (Å²) < 4.78 is 48.3. The number of halogens is 3. The third-order valence-electron chi connectivity index (χ3n) is 5.44. The third kappa shape index (κ3) is 4.73. The first-order chi connectivity index (χ1) is 15.0. The minimum Gasteiger partial charge on any atom is -0.388 e. The number of aliphatic hydroxyl groups is 1. The Labute approximate surface area is 179 Å². The maximum Gasteiger partial charge on any atom is 0.166 e. The van der Waals surface area contributed by atoms with E-state index in [1.165, 1.54) is 24.3 Å². The fraction of sp³-hybridized carbons (Fsp3) is 0.231. The molecule has 0 amide bonds. The molecule has 2 nitrogen and oxygen atoms in total. The van der Waals surface area contributed by atoms with E-state index in [4.69, 9.17) is 4.74 Å². The lowest BCUT2D eigenvalue weighted by molar-refractivity contribution is 0.160. The first-order valence-corrected chi connectivity index (χ1v) is 10.3. The second kappa shape index (κ2) is 9.08. The normalized spacial score (nSPS) is 16.6. The number of epoxide rings is 1. The van der Waals surface area contributed by atoms with Gasteiger partial charge in [-0.1, -0.05) is 74.0 Å². The standard InChI is InChI=1S/C26H23F3O2/c1-2-3-23(30)21-13-10-18(25(28)26(21)29)9-6-16-4-7-17(8-5-16)20-12-11-19(14-22(20)27)24-15-31-24/h4-14,23-24,30H,2-3,15H2,1H3/b9-6+. The molecule has 2 unspecified atom stereocenters. The van der Waals surface area contributed by atoms with Crippen LogP contribution in [-0.4, -0.2) is 11.7 Å². The fourth-order valence-electron chi connectivity index (χ4n) is 3.56. The minimum absolute atomic E-state index is 0.00488. The molecular weight excluding hydrogens is 401 g/mol. The van der Waals surface area contributed by atoms with Gasteiger partial charge in [0.05, 0.1) is 12.7 Å². The molecule has 0 saturated carbocycles. The Morgan fingerprint density at radius 2 is 1.74 bits per heavy atom. The molecule has 1 fully saturated rings. The van der Waals surface area contributed by atoms with Gasteiger partial charge in [0, 0.05) is 16.7 Å². The molecule has 31 heavy (non-hydrogen) atoms. The van der Waals surface area contributed by atoms with Crippen molar-refractivity contribution in [2.24, 2.45) is 0 Å². The Morgan fingerprint density at radius 3 is 2.39 bits per heavy atom. The molecule has 0 radical (unpaired) electrons. The fourth-order valence-corrected chi connectivity index (χ4v) is 3.56. The topological polar surface area (TPSA) is 32.8 Å². The zero-order valence-corrected chi connectivity index (χ0v) is 17.1. The maximum atomic E-state index is 14.4. The van der Waals surface area contributed by atoms with Crippen molar-refractivity contribution in [2.45, 2.75) is 32.0 Å². The molecule has 4 rings (SSSR count). The average molecular weight is 424 g/mol. The number of hydrogen-bond acceptors (Lipinski definition) is 2. The van der Waals surface area contributed by atoms with E-state index in [0.717, 1.165) is 16.7 Å². The molecule has 5 heteroatoms. The van der Waals surface area contributed by atoms with Gasteiger partial charge in [-0.2, -0.15) is 0 Å². The SMILES string of the molecule is CCCC(O)c1ccc(/C=C/c2ccc(-c3ccc(C4CO4)cc3F)cc2)c(F)c1F. The summed E-state index contributed by atoms with van der Waals surface area (Å²) in [5, 5.41) is 9.95. The summed E-state index contributed by atoms with van der Waals surface area (Å²) in [7, 11) is 0. The van der Waals surface area contributed by atoms with Crippen LogP contribution in [-0.2, 0) is 4.74 Å². The van der Waals surface area contributed by atoms with Crippen LogP contribution in [0.15, 0.2) is 54.6 Å². The van der Waals surface area contributed by atoms with Crippen LogP contribution in [0.5, 0.6) is 0 Å². The molecule has 1 aliphatic heterocycles. The largest absolute Gasteiger partial charge is 0.388 e. The Bertz CT molecular complexity index is 1100. The quantitative estimate of drug-likeness (QED) is 0.332. The first kappa shape index (κ1) is 21.3. The van der Waals surface area contributed by atoms with Crippen molar-refractivity contribution in [3.8, 4) is 11.1 Å². The molecule has 0 bridgehead atoms. The number of aliphatic hydroxyl groups excluding tert-OH is 1. The summed E-state index contributed by atoms with van der Waals surface area (Å²) in [5.41, 5.74) is 2.89. The number of rotatable bonds is 7. The minimum atomic E-state index is -1.02. The zero-order valence-electron chi connectivity index (χ0n) is 17.1. The van der Waals surface area contributed by atoms with Crippen LogP contribution >= 0.6 is 0 Å². The maximum absolute atomic E-state index is 14.4. The van der Waals surface area contributed by atoms with Gasteiger partial charge in [-0.15, -0.1) is 0 Å². The van der Waals surface area contributed by atoms with Crippen molar-refractivity contribution in [1.29, 1.82) is 0 Å². The van der Waals surface area contributed by atoms with E-state index >= 15 is 0 Å². The molecule has 1 N–H and O–H groups in total. The molecule has 1 heterocycles. The summed E-state index contributed by atoms with van der Waals surface area (Å²) >= 11 is 0. The van der Waals surface area contributed by atoms with Crippen LogP contribution in [0, 0.1) is 17.5 Å². The van der Waals surface area contributed by atoms with E-state index in [1.807, 2.05) is 13.0 Å². The van der Waals surface area contributed by atoms with Crippen LogP contribution in [0.4, 0.5) is 13.2 Å². The highest BCUT2D eigenvalue weighted by Crippen LogP contribution is 2.33. The lowest BCUT2D eigenvalue weighted by Crippen LogP contribution is -2.03. The van der Waals surface area contributed by atoms with Crippen molar-refractivity contribution < 1.29 is 23.0 Å². The molecule has 3 aromatic carbocycles. The Hall–Kier alpha value is -2.89. The Kier molecular flexibility index (Phi) is 6.25. The van der Waals surface area contributed by atoms with E-state index in [0.29, 0.717) is 25.0 Å². The smallest absolute Gasteiger partial charge is 0.166 e. The molecule has 0 aliphatic carbocycles. The highest BCUT2D eigenvalue weighted by atomic mass is 19.2. The van der Waals surface area contributed by atoms with Crippen LogP contribution in [0.2, 0.25) is 0 Å². The molecule has 3 aromatic rings. The van der Waals surface area contributed by atoms with Gasteiger partial charge in [0.1, 0.15) is 11.9 Å². The van der Waals surface area contributed by atoms with Crippen molar-refractivity contribution in [1.82, 2.24) is 0 Å². The molecule has 2 atom stereocenters. The van der Waals surface area contributed by atoms with E-state index in [9.17, 15) is 18.3 Å². The molecule has 1 aliphatic rings. The van der Waals surface area contributed by atoms with Gasteiger partial charge < -0.3 is 9.84 Å². The number of hydrogen-bond donors (Lipinski definition) is 1. The van der Waals surface area contributed by atoms with Crippen molar-refractivity contribution in [2.75, 3.05) is 6.61 Å². The highest BCUT2D eigenvalue weighted by molar-refractivity contribution is 5.72. The van der Waals surface area contributed by atoms with E-state index in [-0.39, 0.29) is 23.0 Å². The predicted molar refractivity (Wildman–Crippen MR) is 116 cm³/mol. The summed E-state index contributed by atoms with van der Waals surface area (Å²) in [6, 6.07) is 15.1. The van der Waals surface area contributed by atoms with Gasteiger partial charge in [0.15, 0.2) is 11.6 Å². The second-order valence-corrected chi connectivity index (χ2v) is 7.69. The Balaban J connectivity index is 1.51. The van der Waals surface area contributed by atoms with Gasteiger partial charge in [0.25, 0.3) is 0 Å². The lowest BCUT2D eigenvalue weighted by atomic mass is 10.00. The number of benzene rings is 3. The van der Waals surface area contributed by atoms with Crippen molar-refractivity contribution >= 4 is 12.2 Å². The summed E-state index contributed by atoms with van der Waals surface area (Å²) in [4.78, 5) is 0. The second-order valence-electron chi connectivity index (χ2n) is 7.69. The van der Waals surface area contributed by atoms with Gasteiger partial charge >= 0.3 is 0 Å². The first-order valence-electron chi connectivity index (χ1n) is 10.3. The van der Waals surface area contributed by atoms with Crippen LogP contribution < -0.4 is 0 Å².